The summed E-state index contributed by atoms with van der Waals surface area (Å²) in [7, 11) is 0. The number of thioether (sulfide) groups is 1. The summed E-state index contributed by atoms with van der Waals surface area (Å²) in [6.45, 7) is 6.61. The minimum atomic E-state index is -0.467. The Morgan fingerprint density at radius 2 is 1.74 bits per heavy atom. The van der Waals surface area contributed by atoms with Crippen molar-refractivity contribution < 1.29 is 9.59 Å². The molecule has 1 fully saturated rings. The third-order valence-electron chi connectivity index (χ3n) is 4.62. The summed E-state index contributed by atoms with van der Waals surface area (Å²) in [6, 6.07) is 0. The first-order chi connectivity index (χ1) is 12.9. The van der Waals surface area contributed by atoms with Crippen LogP contribution in [-0.4, -0.2) is 52.9 Å². The number of amides is 2. The van der Waals surface area contributed by atoms with E-state index in [9.17, 15) is 14.4 Å². The van der Waals surface area contributed by atoms with Crippen LogP contribution in [0, 0.1) is 5.92 Å². The van der Waals surface area contributed by atoms with Gasteiger partial charge in [-0.15, -0.1) is 0 Å². The van der Waals surface area contributed by atoms with Crippen LogP contribution in [-0.2, 0) is 6.54 Å². The van der Waals surface area contributed by atoms with Gasteiger partial charge in [0.05, 0.1) is 0 Å². The predicted octanol–water partition coefficient (Wildman–Crippen LogP) is 2.61. The Morgan fingerprint density at radius 3 is 2.33 bits per heavy atom. The van der Waals surface area contributed by atoms with Crippen LogP contribution in [0.25, 0.3) is 0 Å². The maximum absolute atomic E-state index is 13.0. The maximum atomic E-state index is 13.0. The zero-order chi connectivity index (χ0) is 19.8. The lowest BCUT2D eigenvalue weighted by Crippen LogP contribution is -2.38. The molecular formula is C20H31N3O3S. The summed E-state index contributed by atoms with van der Waals surface area (Å²) in [5.74, 6) is 0.453. The van der Waals surface area contributed by atoms with Crippen molar-refractivity contribution in [3.05, 3.63) is 33.7 Å². The van der Waals surface area contributed by atoms with Gasteiger partial charge in [0.1, 0.15) is 11.1 Å². The van der Waals surface area contributed by atoms with Crippen LogP contribution in [0.5, 0.6) is 0 Å². The molecule has 0 saturated carbocycles. The third-order valence-corrected chi connectivity index (χ3v) is 5.23. The second-order valence-electron chi connectivity index (χ2n) is 7.46. The lowest BCUT2D eigenvalue weighted by Gasteiger charge is -2.21. The molecule has 1 aliphatic rings. The van der Waals surface area contributed by atoms with Crippen molar-refractivity contribution in [2.24, 2.45) is 5.92 Å². The number of nitrogens with zero attached hydrogens (tertiary/aromatic N) is 2. The molecule has 7 heteroatoms. The molecule has 2 rings (SSSR count). The fraction of sp³-hybridized carbons (Fsp3) is 0.650. The molecule has 150 valence electrons. The minimum absolute atomic E-state index is 0.0532. The van der Waals surface area contributed by atoms with Crippen molar-refractivity contribution in [1.29, 1.82) is 0 Å². The fourth-order valence-corrected chi connectivity index (χ4v) is 3.58. The summed E-state index contributed by atoms with van der Waals surface area (Å²) >= 11 is 1.62. The first-order valence-corrected chi connectivity index (χ1v) is 11.1. The molecule has 1 N–H and O–H groups in total. The zero-order valence-corrected chi connectivity index (χ0v) is 17.4. The number of carbonyl (C=O) groups is 2. The molecule has 0 bridgehead atoms. The van der Waals surface area contributed by atoms with E-state index in [-0.39, 0.29) is 17.0 Å². The molecule has 0 aliphatic carbocycles. The summed E-state index contributed by atoms with van der Waals surface area (Å²) in [5, 5.41) is 2.78. The molecule has 2 heterocycles. The highest BCUT2D eigenvalue weighted by molar-refractivity contribution is 7.98. The number of rotatable bonds is 7. The standard InChI is InChI=1S/C20H31N3O3S/c1-15(2)12-22-13-16(19(25)21-8-11-27-3)18(24)17(14-22)20(26)23-9-6-4-5-7-10-23/h13-15H,4-12H2,1-3H3,(H,21,25). The van der Waals surface area contributed by atoms with E-state index in [1.54, 1.807) is 33.6 Å². The second kappa shape index (κ2) is 10.5. The van der Waals surface area contributed by atoms with Gasteiger partial charge in [0.15, 0.2) is 0 Å². The quantitative estimate of drug-likeness (QED) is 0.723. The van der Waals surface area contributed by atoms with Gasteiger partial charge in [-0.3, -0.25) is 14.4 Å². The smallest absolute Gasteiger partial charge is 0.259 e. The monoisotopic (exact) mass is 393 g/mol. The molecule has 6 nitrogen and oxygen atoms in total. The number of aromatic nitrogens is 1. The van der Waals surface area contributed by atoms with Crippen molar-refractivity contribution in [3.63, 3.8) is 0 Å². The average molecular weight is 394 g/mol. The minimum Gasteiger partial charge on any atom is -0.352 e. The molecule has 1 aromatic heterocycles. The van der Waals surface area contributed by atoms with Crippen LogP contribution in [0.15, 0.2) is 17.2 Å². The lowest BCUT2D eigenvalue weighted by molar-refractivity contribution is 0.0759. The Labute approximate surface area is 165 Å². The molecule has 1 aromatic rings. The van der Waals surface area contributed by atoms with Crippen LogP contribution in [0.1, 0.15) is 60.2 Å². The van der Waals surface area contributed by atoms with E-state index in [0.717, 1.165) is 31.4 Å². The Bertz CT molecular complexity index is 707. The van der Waals surface area contributed by atoms with Gasteiger partial charge in [0.2, 0.25) is 5.43 Å². The van der Waals surface area contributed by atoms with Crippen LogP contribution in [0.4, 0.5) is 0 Å². The molecule has 0 aromatic carbocycles. The summed E-state index contributed by atoms with van der Waals surface area (Å²) < 4.78 is 1.81. The van der Waals surface area contributed by atoms with E-state index >= 15 is 0 Å². The largest absolute Gasteiger partial charge is 0.352 e. The van der Waals surface area contributed by atoms with Gasteiger partial charge in [-0.25, -0.2) is 0 Å². The molecule has 1 saturated heterocycles. The van der Waals surface area contributed by atoms with E-state index in [2.05, 4.69) is 19.2 Å². The van der Waals surface area contributed by atoms with Gasteiger partial charge >= 0.3 is 0 Å². The van der Waals surface area contributed by atoms with Crippen LogP contribution >= 0.6 is 11.8 Å². The first-order valence-electron chi connectivity index (χ1n) is 9.74. The normalized spacial score (nSPS) is 14.9. The second-order valence-corrected chi connectivity index (χ2v) is 8.45. The Kier molecular flexibility index (Phi) is 8.41. The van der Waals surface area contributed by atoms with Gasteiger partial charge in [-0.1, -0.05) is 26.7 Å². The van der Waals surface area contributed by atoms with Crippen LogP contribution in [0.2, 0.25) is 0 Å². The molecule has 0 unspecified atom stereocenters. The average Bonchev–Trinajstić information content (AvgIpc) is 2.91. The summed E-state index contributed by atoms with van der Waals surface area (Å²) in [4.78, 5) is 40.2. The van der Waals surface area contributed by atoms with Gasteiger partial charge in [0.25, 0.3) is 11.8 Å². The predicted molar refractivity (Wildman–Crippen MR) is 111 cm³/mol. The molecule has 1 aliphatic heterocycles. The maximum Gasteiger partial charge on any atom is 0.259 e. The molecule has 0 radical (unpaired) electrons. The highest BCUT2D eigenvalue weighted by atomic mass is 32.2. The molecule has 2 amide bonds. The van der Waals surface area contributed by atoms with Gasteiger partial charge in [-0.2, -0.15) is 11.8 Å². The Balaban J connectivity index is 2.36. The van der Waals surface area contributed by atoms with Gasteiger partial charge < -0.3 is 14.8 Å². The van der Waals surface area contributed by atoms with E-state index in [1.807, 2.05) is 6.26 Å². The van der Waals surface area contributed by atoms with E-state index in [1.165, 1.54) is 0 Å². The highest BCUT2D eigenvalue weighted by Crippen LogP contribution is 2.13. The molecule has 0 spiro atoms. The molecular weight excluding hydrogens is 362 g/mol. The molecule has 27 heavy (non-hydrogen) atoms. The SMILES string of the molecule is CSCCNC(=O)c1cn(CC(C)C)cc(C(=O)N2CCCCCC2)c1=O. The van der Waals surface area contributed by atoms with Crippen molar-refractivity contribution in [2.45, 2.75) is 46.1 Å². The van der Waals surface area contributed by atoms with E-state index in [4.69, 9.17) is 0 Å². The first kappa shape index (κ1) is 21.5. The van der Waals surface area contributed by atoms with Crippen LogP contribution in [0.3, 0.4) is 0 Å². The third kappa shape index (κ3) is 6.13. The van der Waals surface area contributed by atoms with Crippen molar-refractivity contribution in [3.8, 4) is 0 Å². The van der Waals surface area contributed by atoms with Gasteiger partial charge in [0, 0.05) is 44.3 Å². The van der Waals surface area contributed by atoms with Crippen molar-refractivity contribution in [1.82, 2.24) is 14.8 Å². The van der Waals surface area contributed by atoms with E-state index in [0.29, 0.717) is 32.1 Å². The summed E-state index contributed by atoms with van der Waals surface area (Å²) in [6.07, 6.45) is 9.30. The highest BCUT2D eigenvalue weighted by Gasteiger charge is 2.24. The topological polar surface area (TPSA) is 71.4 Å². The molecule has 0 atom stereocenters. The number of nitrogens with one attached hydrogen (secondary N) is 1. The van der Waals surface area contributed by atoms with E-state index < -0.39 is 11.3 Å². The zero-order valence-electron chi connectivity index (χ0n) is 16.6. The number of hydrogen-bond acceptors (Lipinski definition) is 4. The number of pyridine rings is 1. The Hall–Kier alpha value is -1.76. The number of hydrogen-bond donors (Lipinski definition) is 1. The summed E-state index contributed by atoms with van der Waals surface area (Å²) in [5.41, 5.74) is -0.307. The number of carbonyl (C=O) groups excluding carboxylic acids is 2. The number of likely N-dealkylation sites (tertiary alicyclic amines) is 1. The fourth-order valence-electron chi connectivity index (χ4n) is 3.28. The lowest BCUT2D eigenvalue weighted by atomic mass is 10.1. The van der Waals surface area contributed by atoms with Crippen molar-refractivity contribution >= 4 is 23.6 Å². The van der Waals surface area contributed by atoms with Gasteiger partial charge in [-0.05, 0) is 25.0 Å². The Morgan fingerprint density at radius 1 is 1.11 bits per heavy atom. The van der Waals surface area contributed by atoms with Crippen LogP contribution < -0.4 is 10.7 Å². The van der Waals surface area contributed by atoms with Crippen molar-refractivity contribution in [2.75, 3.05) is 31.6 Å².